The van der Waals surface area contributed by atoms with E-state index in [0.717, 1.165) is 33.9 Å². The lowest BCUT2D eigenvalue weighted by Gasteiger charge is -2.14. The van der Waals surface area contributed by atoms with E-state index in [-0.39, 0.29) is 0 Å². The number of benzene rings is 2. The summed E-state index contributed by atoms with van der Waals surface area (Å²) in [5, 5.41) is 12.9. The van der Waals surface area contributed by atoms with E-state index in [0.29, 0.717) is 21.7 Å². The Morgan fingerprint density at radius 3 is 2.36 bits per heavy atom. The lowest BCUT2D eigenvalue weighted by Crippen LogP contribution is -2.20. The van der Waals surface area contributed by atoms with Gasteiger partial charge >= 0.3 is 0 Å². The fourth-order valence-corrected chi connectivity index (χ4v) is 3.81. The van der Waals surface area contributed by atoms with Crippen LogP contribution in [0.1, 0.15) is 28.1 Å². The zero-order valence-electron chi connectivity index (χ0n) is 16.2. The van der Waals surface area contributed by atoms with Crippen molar-refractivity contribution < 1.29 is 0 Å². The number of hydrogen-bond donors (Lipinski definition) is 2. The van der Waals surface area contributed by atoms with E-state index >= 15 is 0 Å². The third kappa shape index (κ3) is 4.49. The topological polar surface area (TPSA) is 41.9 Å². The van der Waals surface area contributed by atoms with Crippen molar-refractivity contribution in [3.8, 4) is 0 Å². The molecular formula is C21H22Cl2N4S. The summed E-state index contributed by atoms with van der Waals surface area (Å²) in [5.41, 5.74) is 6.87. The van der Waals surface area contributed by atoms with E-state index in [1.165, 1.54) is 5.56 Å². The third-order valence-corrected chi connectivity index (χ3v) is 5.53. The number of rotatable bonds is 4. The maximum atomic E-state index is 6.31. The number of hydrogen-bond acceptors (Lipinski definition) is 2. The van der Waals surface area contributed by atoms with Gasteiger partial charge in [0.25, 0.3) is 0 Å². The van der Waals surface area contributed by atoms with Crippen molar-refractivity contribution in [2.24, 2.45) is 0 Å². The molecule has 0 atom stereocenters. The van der Waals surface area contributed by atoms with Crippen LogP contribution in [0.25, 0.3) is 0 Å². The van der Waals surface area contributed by atoms with Gasteiger partial charge in [0.05, 0.1) is 23.6 Å². The molecule has 3 aromatic rings. The van der Waals surface area contributed by atoms with Crippen LogP contribution in [0.5, 0.6) is 0 Å². The summed E-state index contributed by atoms with van der Waals surface area (Å²) in [6.45, 7) is 8.55. The number of nitrogens with zero attached hydrogens (tertiary/aromatic N) is 2. The Morgan fingerprint density at radius 1 is 1.04 bits per heavy atom. The maximum Gasteiger partial charge on any atom is 0.175 e. The highest BCUT2D eigenvalue weighted by atomic mass is 35.5. The Hall–Kier alpha value is -2.08. The van der Waals surface area contributed by atoms with Gasteiger partial charge in [-0.25, -0.2) is 0 Å². The van der Waals surface area contributed by atoms with E-state index in [1.54, 1.807) is 0 Å². The van der Waals surface area contributed by atoms with Crippen molar-refractivity contribution in [2.45, 2.75) is 34.2 Å². The third-order valence-electron chi connectivity index (χ3n) is 4.62. The molecule has 0 saturated heterocycles. The van der Waals surface area contributed by atoms with Gasteiger partial charge in [0.1, 0.15) is 0 Å². The van der Waals surface area contributed by atoms with Gasteiger partial charge in [-0.05, 0) is 63.7 Å². The van der Waals surface area contributed by atoms with Gasteiger partial charge < -0.3 is 10.6 Å². The minimum atomic E-state index is 0.490. The van der Waals surface area contributed by atoms with Crippen molar-refractivity contribution in [2.75, 3.05) is 10.6 Å². The van der Waals surface area contributed by atoms with E-state index in [1.807, 2.05) is 42.8 Å². The van der Waals surface area contributed by atoms with Crippen LogP contribution in [0, 0.1) is 27.7 Å². The molecule has 0 amide bonds. The molecule has 1 heterocycles. The molecule has 0 spiro atoms. The van der Waals surface area contributed by atoms with Gasteiger partial charge in [0.2, 0.25) is 0 Å². The van der Waals surface area contributed by atoms with Crippen molar-refractivity contribution in [1.82, 2.24) is 9.78 Å². The second-order valence-electron chi connectivity index (χ2n) is 6.80. The minimum Gasteiger partial charge on any atom is -0.332 e. The number of nitrogens with one attached hydrogen (secondary N) is 2. The average molecular weight is 433 g/mol. The van der Waals surface area contributed by atoms with Crippen molar-refractivity contribution >= 4 is 51.9 Å². The van der Waals surface area contributed by atoms with Crippen LogP contribution in [-0.4, -0.2) is 14.9 Å². The van der Waals surface area contributed by atoms with Crippen molar-refractivity contribution in [1.29, 1.82) is 0 Å². The summed E-state index contributed by atoms with van der Waals surface area (Å²) < 4.78 is 1.88. The minimum absolute atomic E-state index is 0.490. The van der Waals surface area contributed by atoms with Crippen LogP contribution in [0.4, 0.5) is 11.4 Å². The van der Waals surface area contributed by atoms with Crippen molar-refractivity contribution in [3.05, 3.63) is 74.5 Å². The molecule has 0 unspecified atom stereocenters. The fraction of sp³-hybridized carbons (Fsp3) is 0.238. The molecule has 146 valence electrons. The summed E-state index contributed by atoms with van der Waals surface area (Å²) in [7, 11) is 0. The van der Waals surface area contributed by atoms with Gasteiger partial charge in [0.15, 0.2) is 5.11 Å². The first kappa shape index (κ1) is 20.6. The number of aromatic nitrogens is 2. The molecule has 4 nitrogen and oxygen atoms in total. The summed E-state index contributed by atoms with van der Waals surface area (Å²) in [6, 6.07) is 11.7. The molecular weight excluding hydrogens is 411 g/mol. The summed E-state index contributed by atoms with van der Waals surface area (Å²) in [6.07, 6.45) is 0. The predicted molar refractivity (Wildman–Crippen MR) is 123 cm³/mol. The van der Waals surface area contributed by atoms with Crippen molar-refractivity contribution in [3.63, 3.8) is 0 Å². The standard InChI is InChI=1S/C21H22Cl2N4S/c1-12-8-9-19(13(2)10-12)24-21(28)25-20-14(3)26-27(15(20)4)11-16-17(22)6-5-7-18(16)23/h5-10H,11H2,1-4H3,(H2,24,25,28). The molecule has 1 aromatic heterocycles. The highest BCUT2D eigenvalue weighted by molar-refractivity contribution is 7.80. The lowest BCUT2D eigenvalue weighted by atomic mass is 10.1. The molecule has 0 saturated carbocycles. The average Bonchev–Trinajstić information content (AvgIpc) is 2.88. The second-order valence-corrected chi connectivity index (χ2v) is 8.02. The quantitative estimate of drug-likeness (QED) is 0.475. The number of aryl methyl sites for hydroxylation is 3. The molecule has 0 radical (unpaired) electrons. The van der Waals surface area contributed by atoms with Crippen LogP contribution in [0.2, 0.25) is 10.0 Å². The zero-order chi connectivity index (χ0) is 20.4. The largest absolute Gasteiger partial charge is 0.332 e. The SMILES string of the molecule is Cc1ccc(NC(=S)Nc2c(C)nn(Cc3c(Cl)cccc3Cl)c2C)c(C)c1. The number of halogens is 2. The zero-order valence-corrected chi connectivity index (χ0v) is 18.6. The summed E-state index contributed by atoms with van der Waals surface area (Å²) in [5.74, 6) is 0. The molecule has 2 N–H and O–H groups in total. The Balaban J connectivity index is 1.79. The molecule has 0 bridgehead atoms. The molecule has 0 aliphatic carbocycles. The second kappa shape index (κ2) is 8.52. The van der Waals surface area contributed by atoms with Gasteiger partial charge in [0, 0.05) is 21.3 Å². The highest BCUT2D eigenvalue weighted by Crippen LogP contribution is 2.27. The van der Waals surface area contributed by atoms with Crippen LogP contribution in [0.15, 0.2) is 36.4 Å². The van der Waals surface area contributed by atoms with Crippen LogP contribution in [0.3, 0.4) is 0 Å². The molecule has 7 heteroatoms. The Labute approximate surface area is 180 Å². The van der Waals surface area contributed by atoms with Crippen LogP contribution >= 0.6 is 35.4 Å². The van der Waals surface area contributed by atoms with Gasteiger partial charge in [-0.2, -0.15) is 5.10 Å². The van der Waals surface area contributed by atoms with E-state index in [2.05, 4.69) is 41.7 Å². The summed E-state index contributed by atoms with van der Waals surface area (Å²) >= 11 is 18.1. The molecule has 28 heavy (non-hydrogen) atoms. The first-order chi connectivity index (χ1) is 13.3. The molecule has 0 aliphatic rings. The Kier molecular flexibility index (Phi) is 6.28. The lowest BCUT2D eigenvalue weighted by molar-refractivity contribution is 0.659. The Morgan fingerprint density at radius 2 is 1.71 bits per heavy atom. The predicted octanol–water partition coefficient (Wildman–Crippen LogP) is 6.28. The van der Waals surface area contributed by atoms with Crippen LogP contribution < -0.4 is 10.6 Å². The fourth-order valence-electron chi connectivity index (χ4n) is 3.09. The number of anilines is 2. The smallest absolute Gasteiger partial charge is 0.175 e. The normalized spacial score (nSPS) is 10.8. The van der Waals surface area contributed by atoms with Gasteiger partial charge in [-0.15, -0.1) is 0 Å². The monoisotopic (exact) mass is 432 g/mol. The molecule has 0 fully saturated rings. The summed E-state index contributed by atoms with van der Waals surface area (Å²) in [4.78, 5) is 0. The van der Waals surface area contributed by atoms with Crippen LogP contribution in [-0.2, 0) is 6.54 Å². The molecule has 2 aromatic carbocycles. The van der Waals surface area contributed by atoms with E-state index < -0.39 is 0 Å². The Bertz CT molecular complexity index is 1020. The molecule has 3 rings (SSSR count). The van der Waals surface area contributed by atoms with Gasteiger partial charge in [-0.1, -0.05) is 47.0 Å². The first-order valence-electron chi connectivity index (χ1n) is 8.88. The van der Waals surface area contributed by atoms with E-state index in [9.17, 15) is 0 Å². The maximum absolute atomic E-state index is 6.31. The van der Waals surface area contributed by atoms with E-state index in [4.69, 9.17) is 35.4 Å². The highest BCUT2D eigenvalue weighted by Gasteiger charge is 2.15. The first-order valence-corrected chi connectivity index (χ1v) is 10.0. The van der Waals surface area contributed by atoms with Gasteiger partial charge in [-0.3, -0.25) is 4.68 Å². The number of thiocarbonyl (C=S) groups is 1. The molecule has 0 aliphatic heterocycles.